The average molecular weight is 247 g/mol. The Morgan fingerprint density at radius 2 is 2.39 bits per heavy atom. The molecule has 0 atom stereocenters. The first-order chi connectivity index (χ1) is 8.81. The zero-order chi connectivity index (χ0) is 12.8. The van der Waals surface area contributed by atoms with Crippen LogP contribution in [0.5, 0.6) is 0 Å². The molecule has 2 rings (SSSR count). The summed E-state index contributed by atoms with van der Waals surface area (Å²) >= 11 is 0. The summed E-state index contributed by atoms with van der Waals surface area (Å²) in [5, 5.41) is 19.0. The van der Waals surface area contributed by atoms with Gasteiger partial charge in [-0.15, -0.1) is 10.2 Å². The summed E-state index contributed by atoms with van der Waals surface area (Å²) in [4.78, 5) is 15.9. The molecule has 0 aliphatic rings. The van der Waals surface area contributed by atoms with Crippen molar-refractivity contribution >= 4 is 11.6 Å². The number of aromatic nitrogens is 5. The monoisotopic (exact) mass is 247 g/mol. The molecule has 2 aromatic rings. The second-order valence-corrected chi connectivity index (χ2v) is 3.46. The van der Waals surface area contributed by atoms with Crippen LogP contribution < -0.4 is 10.6 Å². The van der Waals surface area contributed by atoms with Gasteiger partial charge >= 0.3 is 0 Å². The normalized spacial score (nSPS) is 10.1. The van der Waals surface area contributed by atoms with E-state index in [1.54, 1.807) is 18.5 Å². The number of carbonyl (C=O) groups is 1. The third-order valence-electron chi connectivity index (χ3n) is 2.23. The number of nitrogens with zero attached hydrogens (tertiary/aromatic N) is 4. The number of pyridine rings is 1. The van der Waals surface area contributed by atoms with Crippen molar-refractivity contribution in [3.8, 4) is 0 Å². The second-order valence-electron chi connectivity index (χ2n) is 3.46. The number of rotatable bonds is 5. The second kappa shape index (κ2) is 5.71. The maximum Gasteiger partial charge on any atom is 0.253 e. The Morgan fingerprint density at radius 1 is 1.50 bits per heavy atom. The summed E-state index contributed by atoms with van der Waals surface area (Å²) in [5.41, 5.74) is 1.24. The number of aromatic amines is 1. The first kappa shape index (κ1) is 12.0. The summed E-state index contributed by atoms with van der Waals surface area (Å²) in [6.07, 6.45) is 3.19. The van der Waals surface area contributed by atoms with Crippen molar-refractivity contribution in [3.05, 3.63) is 29.8 Å². The van der Waals surface area contributed by atoms with Gasteiger partial charge in [0.05, 0.1) is 24.0 Å². The minimum atomic E-state index is -0.210. The maximum absolute atomic E-state index is 12.0. The smallest absolute Gasteiger partial charge is 0.253 e. The van der Waals surface area contributed by atoms with Crippen molar-refractivity contribution in [3.63, 3.8) is 0 Å². The molecule has 0 aromatic carbocycles. The van der Waals surface area contributed by atoms with Gasteiger partial charge in [-0.1, -0.05) is 5.21 Å². The van der Waals surface area contributed by atoms with Gasteiger partial charge in [0.2, 0.25) is 0 Å². The number of amides is 1. The van der Waals surface area contributed by atoms with E-state index in [0.29, 0.717) is 17.1 Å². The number of anilines is 1. The van der Waals surface area contributed by atoms with E-state index in [9.17, 15) is 4.79 Å². The molecule has 2 heterocycles. The van der Waals surface area contributed by atoms with E-state index in [-0.39, 0.29) is 12.5 Å². The maximum atomic E-state index is 12.0. The van der Waals surface area contributed by atoms with Crippen LogP contribution in [-0.4, -0.2) is 38.1 Å². The Kier molecular flexibility index (Phi) is 3.79. The molecule has 2 aromatic heterocycles. The van der Waals surface area contributed by atoms with Crippen LogP contribution in [0.4, 0.5) is 5.69 Å². The quantitative estimate of drug-likeness (QED) is 0.684. The predicted octanol–water partition coefficient (Wildman–Crippen LogP) is -0.0435. The van der Waals surface area contributed by atoms with E-state index in [4.69, 9.17) is 0 Å². The van der Waals surface area contributed by atoms with Gasteiger partial charge in [-0.25, -0.2) is 0 Å². The third kappa shape index (κ3) is 2.78. The molecular formula is C10H13N7O. The Labute approximate surface area is 103 Å². The molecule has 0 saturated heterocycles. The molecular weight excluding hydrogens is 234 g/mol. The standard InChI is InChI=1S/C10H13N7O/c1-2-12-8-5-11-4-3-7(8)10(18)13-6-9-14-16-17-15-9/h3-5,12H,2,6H2,1H3,(H,13,18)(H,14,15,16,17). The van der Waals surface area contributed by atoms with Crippen molar-refractivity contribution < 1.29 is 4.79 Å². The van der Waals surface area contributed by atoms with Gasteiger partial charge in [0.25, 0.3) is 5.91 Å². The fraction of sp³-hybridized carbons (Fsp3) is 0.300. The summed E-state index contributed by atoms with van der Waals surface area (Å²) in [5.74, 6) is 0.223. The summed E-state index contributed by atoms with van der Waals surface area (Å²) in [6.45, 7) is 2.90. The molecule has 1 amide bonds. The number of carbonyl (C=O) groups excluding carboxylic acids is 1. The molecule has 0 radical (unpaired) electrons. The zero-order valence-corrected chi connectivity index (χ0v) is 9.84. The highest BCUT2D eigenvalue weighted by molar-refractivity contribution is 5.99. The van der Waals surface area contributed by atoms with Crippen LogP contribution in [0.25, 0.3) is 0 Å². The molecule has 8 nitrogen and oxygen atoms in total. The lowest BCUT2D eigenvalue weighted by Crippen LogP contribution is -2.24. The van der Waals surface area contributed by atoms with E-state index in [1.165, 1.54) is 0 Å². The van der Waals surface area contributed by atoms with Gasteiger partial charge < -0.3 is 10.6 Å². The number of tetrazole rings is 1. The molecule has 0 aliphatic carbocycles. The number of hydrogen-bond donors (Lipinski definition) is 3. The van der Waals surface area contributed by atoms with Gasteiger partial charge in [0.15, 0.2) is 5.82 Å². The van der Waals surface area contributed by atoms with Gasteiger partial charge in [-0.3, -0.25) is 9.78 Å². The average Bonchev–Trinajstić information content (AvgIpc) is 2.90. The molecule has 0 bridgehead atoms. The number of hydrogen-bond acceptors (Lipinski definition) is 6. The minimum absolute atomic E-state index is 0.210. The van der Waals surface area contributed by atoms with Crippen LogP contribution in [0.15, 0.2) is 18.5 Å². The summed E-state index contributed by atoms with van der Waals surface area (Å²) in [6, 6.07) is 1.66. The topological polar surface area (TPSA) is 108 Å². The lowest BCUT2D eigenvalue weighted by Gasteiger charge is -2.09. The molecule has 94 valence electrons. The largest absolute Gasteiger partial charge is 0.383 e. The van der Waals surface area contributed by atoms with Crippen LogP contribution in [0.3, 0.4) is 0 Å². The van der Waals surface area contributed by atoms with Crippen molar-refractivity contribution in [1.82, 2.24) is 30.9 Å². The molecule has 0 aliphatic heterocycles. The molecule has 0 spiro atoms. The highest BCUT2D eigenvalue weighted by Gasteiger charge is 2.11. The highest BCUT2D eigenvalue weighted by Crippen LogP contribution is 2.12. The first-order valence-corrected chi connectivity index (χ1v) is 5.49. The molecule has 3 N–H and O–H groups in total. The summed E-state index contributed by atoms with van der Waals surface area (Å²) < 4.78 is 0. The highest BCUT2D eigenvalue weighted by atomic mass is 16.1. The molecule has 0 saturated carbocycles. The van der Waals surface area contributed by atoms with E-state index < -0.39 is 0 Å². The van der Waals surface area contributed by atoms with Gasteiger partial charge in [0.1, 0.15) is 0 Å². The Balaban J connectivity index is 2.04. The molecule has 0 unspecified atom stereocenters. The Hall–Kier alpha value is -2.51. The zero-order valence-electron chi connectivity index (χ0n) is 9.84. The van der Waals surface area contributed by atoms with Crippen molar-refractivity contribution in [2.75, 3.05) is 11.9 Å². The molecule has 0 fully saturated rings. The number of H-pyrrole nitrogens is 1. The van der Waals surface area contributed by atoms with E-state index in [1.807, 2.05) is 6.92 Å². The Morgan fingerprint density at radius 3 is 3.11 bits per heavy atom. The Bertz CT molecular complexity index is 511. The van der Waals surface area contributed by atoms with Crippen molar-refractivity contribution in [1.29, 1.82) is 0 Å². The number of nitrogens with one attached hydrogen (secondary N) is 3. The molecule has 8 heteroatoms. The summed E-state index contributed by atoms with van der Waals surface area (Å²) in [7, 11) is 0. The minimum Gasteiger partial charge on any atom is -0.383 e. The van der Waals surface area contributed by atoms with Crippen molar-refractivity contribution in [2.24, 2.45) is 0 Å². The van der Waals surface area contributed by atoms with E-state index in [2.05, 4.69) is 36.2 Å². The van der Waals surface area contributed by atoms with Crippen molar-refractivity contribution in [2.45, 2.75) is 13.5 Å². The van der Waals surface area contributed by atoms with Crippen LogP contribution in [0.2, 0.25) is 0 Å². The van der Waals surface area contributed by atoms with Crippen LogP contribution >= 0.6 is 0 Å². The predicted molar refractivity (Wildman–Crippen MR) is 63.7 cm³/mol. The SMILES string of the molecule is CCNc1cnccc1C(=O)NCc1nn[nH]n1. The van der Waals surface area contributed by atoms with Crippen LogP contribution in [0, 0.1) is 0 Å². The van der Waals surface area contributed by atoms with Crippen LogP contribution in [0.1, 0.15) is 23.1 Å². The first-order valence-electron chi connectivity index (χ1n) is 5.49. The lowest BCUT2D eigenvalue weighted by molar-refractivity contribution is 0.0950. The lowest BCUT2D eigenvalue weighted by atomic mass is 10.2. The fourth-order valence-corrected chi connectivity index (χ4v) is 1.44. The van der Waals surface area contributed by atoms with E-state index >= 15 is 0 Å². The van der Waals surface area contributed by atoms with Gasteiger partial charge in [-0.2, -0.15) is 5.21 Å². The van der Waals surface area contributed by atoms with Gasteiger partial charge in [0, 0.05) is 12.7 Å². The van der Waals surface area contributed by atoms with Gasteiger partial charge in [-0.05, 0) is 13.0 Å². The molecule has 18 heavy (non-hydrogen) atoms. The van der Waals surface area contributed by atoms with E-state index in [0.717, 1.165) is 6.54 Å². The fourth-order valence-electron chi connectivity index (χ4n) is 1.44. The van der Waals surface area contributed by atoms with Crippen LogP contribution in [-0.2, 0) is 6.54 Å². The third-order valence-corrected chi connectivity index (χ3v) is 2.23.